The van der Waals surface area contributed by atoms with Gasteiger partial charge in [0.25, 0.3) is 0 Å². The van der Waals surface area contributed by atoms with Crippen LogP contribution in [0.1, 0.15) is 23.2 Å². The van der Waals surface area contributed by atoms with Crippen molar-refractivity contribution in [2.75, 3.05) is 18.2 Å². The van der Waals surface area contributed by atoms with Crippen LogP contribution < -0.4 is 5.32 Å². The Morgan fingerprint density at radius 1 is 1.12 bits per heavy atom. The molecule has 0 saturated heterocycles. The van der Waals surface area contributed by atoms with Crippen molar-refractivity contribution in [3.05, 3.63) is 58.1 Å². The minimum absolute atomic E-state index is 0.116. The Kier molecular flexibility index (Phi) is 7.62. The normalized spacial score (nSPS) is 10.4. The molecule has 7 heteroatoms. The van der Waals surface area contributed by atoms with Gasteiger partial charge in [0, 0.05) is 22.0 Å². The average Bonchev–Trinajstić information content (AvgIpc) is 2.61. The topological polar surface area (TPSA) is 55.4 Å². The van der Waals surface area contributed by atoms with Gasteiger partial charge in [-0.2, -0.15) is 0 Å². The molecule has 2 rings (SSSR count). The summed E-state index contributed by atoms with van der Waals surface area (Å²) in [4.78, 5) is 24.7. The van der Waals surface area contributed by atoms with Gasteiger partial charge in [0.05, 0.1) is 17.7 Å². The monoisotopic (exact) mass is 397 g/mol. The van der Waals surface area contributed by atoms with E-state index in [1.807, 2.05) is 24.3 Å². The summed E-state index contributed by atoms with van der Waals surface area (Å²) in [7, 11) is 1.28. The molecule has 4 nitrogen and oxygen atoms in total. The van der Waals surface area contributed by atoms with E-state index >= 15 is 0 Å². The van der Waals surface area contributed by atoms with E-state index in [4.69, 9.17) is 23.2 Å². The number of rotatable bonds is 7. The van der Waals surface area contributed by atoms with Gasteiger partial charge in [0.2, 0.25) is 5.91 Å². The number of halogens is 2. The molecule has 0 aromatic heterocycles. The van der Waals surface area contributed by atoms with Gasteiger partial charge in [-0.05, 0) is 54.6 Å². The van der Waals surface area contributed by atoms with Gasteiger partial charge in [0.15, 0.2) is 0 Å². The molecule has 0 atom stereocenters. The largest absolute Gasteiger partial charge is 0.465 e. The van der Waals surface area contributed by atoms with Crippen molar-refractivity contribution in [3.8, 4) is 0 Å². The number of amides is 1. The van der Waals surface area contributed by atoms with Gasteiger partial charge in [-0.15, -0.1) is 11.8 Å². The van der Waals surface area contributed by atoms with Gasteiger partial charge in [0.1, 0.15) is 0 Å². The molecule has 0 aliphatic carbocycles. The van der Waals surface area contributed by atoms with E-state index in [9.17, 15) is 9.59 Å². The number of methoxy groups -OCH3 is 1. The van der Waals surface area contributed by atoms with Crippen molar-refractivity contribution in [2.24, 2.45) is 0 Å². The molecule has 0 aliphatic heterocycles. The molecule has 132 valence electrons. The van der Waals surface area contributed by atoms with Gasteiger partial charge in [-0.1, -0.05) is 23.2 Å². The van der Waals surface area contributed by atoms with Crippen LogP contribution in [0, 0.1) is 0 Å². The fourth-order valence-corrected chi connectivity index (χ4v) is 3.22. The Morgan fingerprint density at radius 2 is 1.84 bits per heavy atom. The summed E-state index contributed by atoms with van der Waals surface area (Å²) in [5, 5.41) is 3.75. The summed E-state index contributed by atoms with van der Waals surface area (Å²) in [6.07, 6.45) is 1.12. The molecule has 0 fully saturated rings. The molecule has 2 aromatic rings. The molecule has 2 aromatic carbocycles. The minimum Gasteiger partial charge on any atom is -0.465 e. The number of nitrogens with one attached hydrogen (secondary N) is 1. The zero-order valence-corrected chi connectivity index (χ0v) is 15.9. The lowest BCUT2D eigenvalue weighted by Gasteiger charge is -2.08. The third-order valence-electron chi connectivity index (χ3n) is 3.29. The van der Waals surface area contributed by atoms with Crippen molar-refractivity contribution in [2.45, 2.75) is 17.7 Å². The van der Waals surface area contributed by atoms with Crippen LogP contribution in [0.5, 0.6) is 0 Å². The number of carbonyl (C=O) groups is 2. The van der Waals surface area contributed by atoms with Crippen molar-refractivity contribution >= 4 is 52.5 Å². The fraction of sp³-hybridized carbons (Fsp3) is 0.222. The highest BCUT2D eigenvalue weighted by Crippen LogP contribution is 2.23. The Labute approximate surface area is 160 Å². The molecular formula is C18H17Cl2NO3S. The first-order chi connectivity index (χ1) is 12.0. The molecule has 0 heterocycles. The molecule has 1 amide bonds. The number of hydrogen-bond acceptors (Lipinski definition) is 4. The Balaban J connectivity index is 1.80. The molecule has 0 bridgehead atoms. The number of benzene rings is 2. The minimum atomic E-state index is -0.541. The van der Waals surface area contributed by atoms with Crippen molar-refractivity contribution in [3.63, 3.8) is 0 Å². The highest BCUT2D eigenvalue weighted by molar-refractivity contribution is 7.99. The summed E-state index contributed by atoms with van der Waals surface area (Å²) in [5.41, 5.74) is 0.736. The van der Waals surface area contributed by atoms with Gasteiger partial charge < -0.3 is 10.1 Å². The number of thioether (sulfide) groups is 1. The van der Waals surface area contributed by atoms with E-state index in [0.717, 1.165) is 17.1 Å². The van der Waals surface area contributed by atoms with Crippen molar-refractivity contribution in [1.82, 2.24) is 0 Å². The molecule has 0 unspecified atom stereocenters. The first kappa shape index (κ1) is 19.6. The SMILES string of the molecule is COC(=O)c1cc(NC(=O)CCCSc2ccc(Cl)cc2)ccc1Cl. The zero-order valence-electron chi connectivity index (χ0n) is 13.6. The summed E-state index contributed by atoms with van der Waals surface area (Å²) in [6, 6.07) is 12.3. The van der Waals surface area contributed by atoms with E-state index in [0.29, 0.717) is 17.1 Å². The predicted molar refractivity (Wildman–Crippen MR) is 103 cm³/mol. The lowest BCUT2D eigenvalue weighted by Crippen LogP contribution is -2.12. The Bertz CT molecular complexity index is 750. The van der Waals surface area contributed by atoms with Crippen molar-refractivity contribution < 1.29 is 14.3 Å². The third-order valence-corrected chi connectivity index (χ3v) is 4.97. The number of hydrogen-bond donors (Lipinski definition) is 1. The molecule has 0 spiro atoms. The molecule has 1 N–H and O–H groups in total. The van der Waals surface area contributed by atoms with E-state index < -0.39 is 5.97 Å². The van der Waals surface area contributed by atoms with E-state index in [1.165, 1.54) is 13.2 Å². The molecule has 0 saturated carbocycles. The lowest BCUT2D eigenvalue weighted by atomic mass is 10.2. The molecule has 0 radical (unpaired) electrons. The highest BCUT2D eigenvalue weighted by atomic mass is 35.5. The maximum absolute atomic E-state index is 12.0. The van der Waals surface area contributed by atoms with Crippen molar-refractivity contribution in [1.29, 1.82) is 0 Å². The quantitative estimate of drug-likeness (QED) is 0.391. The maximum atomic E-state index is 12.0. The Morgan fingerprint density at radius 3 is 2.52 bits per heavy atom. The lowest BCUT2D eigenvalue weighted by molar-refractivity contribution is -0.116. The van der Waals surface area contributed by atoms with Crippen LogP contribution in [0.3, 0.4) is 0 Å². The number of esters is 1. The summed E-state index contributed by atoms with van der Waals surface area (Å²) in [5.74, 6) is 0.165. The second-order valence-corrected chi connectivity index (χ2v) is 7.15. The Hall–Kier alpha value is -1.69. The van der Waals surface area contributed by atoms with Crippen LogP contribution in [0.4, 0.5) is 5.69 Å². The number of anilines is 1. The first-order valence-corrected chi connectivity index (χ1v) is 9.30. The van der Waals surface area contributed by atoms with E-state index in [2.05, 4.69) is 10.1 Å². The van der Waals surface area contributed by atoms with Gasteiger partial charge in [-0.3, -0.25) is 4.79 Å². The molecule has 0 aliphatic rings. The fourth-order valence-electron chi connectivity index (χ4n) is 2.05. The van der Waals surface area contributed by atoms with Crippen LogP contribution in [-0.4, -0.2) is 24.7 Å². The molecular weight excluding hydrogens is 381 g/mol. The van der Waals surface area contributed by atoms with Gasteiger partial charge >= 0.3 is 5.97 Å². The van der Waals surface area contributed by atoms with Crippen LogP contribution in [0.25, 0.3) is 0 Å². The van der Waals surface area contributed by atoms with Crippen LogP contribution >= 0.6 is 35.0 Å². The van der Waals surface area contributed by atoms with Gasteiger partial charge in [-0.25, -0.2) is 4.79 Å². The third kappa shape index (κ3) is 6.27. The summed E-state index contributed by atoms with van der Waals surface area (Å²) in [6.45, 7) is 0. The van der Waals surface area contributed by atoms with E-state index in [-0.39, 0.29) is 16.5 Å². The second kappa shape index (κ2) is 9.70. The number of ether oxygens (including phenoxy) is 1. The molecule has 25 heavy (non-hydrogen) atoms. The van der Waals surface area contributed by atoms with Crippen LogP contribution in [0.15, 0.2) is 47.4 Å². The maximum Gasteiger partial charge on any atom is 0.339 e. The standard InChI is InChI=1S/C18H17Cl2NO3S/c1-24-18(23)15-11-13(6-9-16(15)20)21-17(22)3-2-10-25-14-7-4-12(19)5-8-14/h4-9,11H,2-3,10H2,1H3,(H,21,22). The second-order valence-electron chi connectivity index (χ2n) is 5.14. The smallest absolute Gasteiger partial charge is 0.339 e. The summed E-state index contributed by atoms with van der Waals surface area (Å²) < 4.78 is 4.66. The highest BCUT2D eigenvalue weighted by Gasteiger charge is 2.12. The van der Waals surface area contributed by atoms with Crippen LogP contribution in [-0.2, 0) is 9.53 Å². The average molecular weight is 398 g/mol. The zero-order chi connectivity index (χ0) is 18.2. The van der Waals surface area contributed by atoms with Crippen LogP contribution in [0.2, 0.25) is 10.0 Å². The van der Waals surface area contributed by atoms with E-state index in [1.54, 1.807) is 23.9 Å². The number of carbonyl (C=O) groups excluding carboxylic acids is 2. The summed E-state index contributed by atoms with van der Waals surface area (Å²) >= 11 is 13.5. The first-order valence-electron chi connectivity index (χ1n) is 7.55. The predicted octanol–water partition coefficient (Wildman–Crippen LogP) is 5.29.